The van der Waals surface area contributed by atoms with Crippen molar-refractivity contribution in [3.05, 3.63) is 34.9 Å². The van der Waals surface area contributed by atoms with Crippen molar-refractivity contribution in [3.8, 4) is 0 Å². The lowest BCUT2D eigenvalue weighted by Crippen LogP contribution is -2.22. The zero-order valence-corrected chi connectivity index (χ0v) is 9.63. The first-order valence-electron chi connectivity index (χ1n) is 5.37. The average molecular weight is 239 g/mol. The number of carbonyl (C=O) groups is 1. The Kier molecular flexibility index (Phi) is 4.62. The van der Waals surface area contributed by atoms with Crippen LogP contribution in [0.4, 0.5) is 0 Å². The van der Waals surface area contributed by atoms with Crippen LogP contribution in [0.1, 0.15) is 34.0 Å². The third-order valence-corrected chi connectivity index (χ3v) is 2.66. The molecule has 5 N–H and O–H groups in total. The molecule has 2 unspecified atom stereocenters. The molecule has 0 aliphatic rings. The normalized spacial score (nSPS) is 14.4. The number of hydrogen-bond donors (Lipinski definition) is 4. The van der Waals surface area contributed by atoms with Gasteiger partial charge in [0, 0.05) is 0 Å². The van der Waals surface area contributed by atoms with E-state index in [1.165, 1.54) is 6.07 Å². The van der Waals surface area contributed by atoms with Crippen molar-refractivity contribution in [1.29, 1.82) is 0 Å². The number of aromatic carboxylic acids is 1. The topological polar surface area (TPSA) is 104 Å². The van der Waals surface area contributed by atoms with Crippen LogP contribution in [0.2, 0.25) is 0 Å². The van der Waals surface area contributed by atoms with Gasteiger partial charge in [0.2, 0.25) is 0 Å². The Balaban J connectivity index is 2.99. The van der Waals surface area contributed by atoms with Crippen LogP contribution in [0.15, 0.2) is 18.2 Å². The second-order valence-corrected chi connectivity index (χ2v) is 3.97. The summed E-state index contributed by atoms with van der Waals surface area (Å²) in [6.07, 6.45) is -1.83. The fourth-order valence-corrected chi connectivity index (χ4v) is 1.60. The minimum atomic E-state index is -1.11. The summed E-state index contributed by atoms with van der Waals surface area (Å²) in [4.78, 5) is 10.9. The molecular weight excluding hydrogens is 222 g/mol. The molecule has 0 heterocycles. The van der Waals surface area contributed by atoms with E-state index < -0.39 is 18.2 Å². The third-order valence-electron chi connectivity index (χ3n) is 2.66. The molecule has 0 radical (unpaired) electrons. The van der Waals surface area contributed by atoms with Crippen molar-refractivity contribution in [1.82, 2.24) is 0 Å². The van der Waals surface area contributed by atoms with Gasteiger partial charge in [-0.3, -0.25) is 0 Å². The lowest BCUT2D eigenvalue weighted by atomic mass is 9.97. The van der Waals surface area contributed by atoms with Gasteiger partial charge in [0.25, 0.3) is 0 Å². The molecule has 0 spiro atoms. The van der Waals surface area contributed by atoms with Crippen LogP contribution in [-0.2, 0) is 0 Å². The minimum Gasteiger partial charge on any atom is -0.478 e. The maximum Gasteiger partial charge on any atom is 0.335 e. The molecule has 5 nitrogen and oxygen atoms in total. The SMILES string of the molecule is Cc1ccc(C(O)C(O)CCN)cc1C(=O)O. The van der Waals surface area contributed by atoms with Crippen molar-refractivity contribution in [2.45, 2.75) is 25.6 Å². The lowest BCUT2D eigenvalue weighted by Gasteiger charge is -2.18. The summed E-state index contributed by atoms with van der Waals surface area (Å²) in [6.45, 7) is 1.94. The van der Waals surface area contributed by atoms with E-state index in [2.05, 4.69) is 0 Å². The van der Waals surface area contributed by atoms with Crippen molar-refractivity contribution in [2.24, 2.45) is 5.73 Å². The number of aryl methyl sites for hydroxylation is 1. The van der Waals surface area contributed by atoms with E-state index in [9.17, 15) is 15.0 Å². The molecule has 1 rings (SSSR count). The molecule has 1 aromatic rings. The Morgan fingerprint density at radius 1 is 1.41 bits per heavy atom. The summed E-state index contributed by atoms with van der Waals surface area (Å²) in [5.74, 6) is -1.05. The highest BCUT2D eigenvalue weighted by Crippen LogP contribution is 2.21. The highest BCUT2D eigenvalue weighted by atomic mass is 16.4. The van der Waals surface area contributed by atoms with Crippen molar-refractivity contribution in [3.63, 3.8) is 0 Å². The second-order valence-electron chi connectivity index (χ2n) is 3.97. The van der Waals surface area contributed by atoms with Crippen LogP contribution in [-0.4, -0.2) is 33.9 Å². The highest BCUT2D eigenvalue weighted by Gasteiger charge is 2.19. The van der Waals surface area contributed by atoms with Gasteiger partial charge >= 0.3 is 5.97 Å². The number of aliphatic hydroxyl groups is 2. The van der Waals surface area contributed by atoms with Crippen LogP contribution in [0.5, 0.6) is 0 Å². The zero-order chi connectivity index (χ0) is 13.0. The monoisotopic (exact) mass is 239 g/mol. The first-order valence-corrected chi connectivity index (χ1v) is 5.37. The van der Waals surface area contributed by atoms with Crippen LogP contribution in [0.25, 0.3) is 0 Å². The molecule has 0 bridgehead atoms. The van der Waals surface area contributed by atoms with Crippen molar-refractivity contribution < 1.29 is 20.1 Å². The largest absolute Gasteiger partial charge is 0.478 e. The van der Waals surface area contributed by atoms with Crippen LogP contribution >= 0.6 is 0 Å². The third kappa shape index (κ3) is 3.26. The van der Waals surface area contributed by atoms with Gasteiger partial charge in [0.05, 0.1) is 11.7 Å². The summed E-state index contributed by atoms with van der Waals surface area (Å²) in [5.41, 5.74) is 6.40. The quantitative estimate of drug-likeness (QED) is 0.596. The molecule has 17 heavy (non-hydrogen) atoms. The van der Waals surface area contributed by atoms with Gasteiger partial charge in [-0.15, -0.1) is 0 Å². The Labute approximate surface area is 99.5 Å². The predicted molar refractivity (Wildman–Crippen MR) is 62.8 cm³/mol. The first-order chi connectivity index (χ1) is 7.97. The summed E-state index contributed by atoms with van der Waals surface area (Å²) >= 11 is 0. The number of nitrogens with two attached hydrogens (primary N) is 1. The molecule has 0 saturated carbocycles. The van der Waals surface area contributed by atoms with E-state index >= 15 is 0 Å². The van der Waals surface area contributed by atoms with Crippen LogP contribution < -0.4 is 5.73 Å². The maximum absolute atomic E-state index is 10.9. The maximum atomic E-state index is 10.9. The first kappa shape index (κ1) is 13.6. The lowest BCUT2D eigenvalue weighted by molar-refractivity contribution is 0.0149. The molecular formula is C12H17NO4. The number of rotatable bonds is 5. The van der Waals surface area contributed by atoms with Crippen LogP contribution in [0.3, 0.4) is 0 Å². The molecule has 0 aromatic heterocycles. The van der Waals surface area contributed by atoms with E-state index in [0.717, 1.165) is 0 Å². The van der Waals surface area contributed by atoms with Gasteiger partial charge < -0.3 is 21.1 Å². The Bertz CT molecular complexity index is 405. The molecule has 0 fully saturated rings. The van der Waals surface area contributed by atoms with E-state index in [-0.39, 0.29) is 18.5 Å². The van der Waals surface area contributed by atoms with E-state index in [4.69, 9.17) is 10.8 Å². The fraction of sp³-hybridized carbons (Fsp3) is 0.417. The molecule has 1 aromatic carbocycles. The number of aliphatic hydroxyl groups excluding tert-OH is 2. The molecule has 0 saturated heterocycles. The number of hydrogen-bond acceptors (Lipinski definition) is 4. The van der Waals surface area contributed by atoms with Gasteiger partial charge in [-0.2, -0.15) is 0 Å². The predicted octanol–water partition coefficient (Wildman–Crippen LogP) is 0.436. The van der Waals surface area contributed by atoms with Gasteiger partial charge in [-0.25, -0.2) is 4.79 Å². The Morgan fingerprint density at radius 3 is 2.59 bits per heavy atom. The second kappa shape index (κ2) is 5.77. The highest BCUT2D eigenvalue weighted by molar-refractivity contribution is 5.89. The number of benzene rings is 1. The minimum absolute atomic E-state index is 0.126. The molecule has 2 atom stereocenters. The standard InChI is InChI=1S/C12H17NO4/c1-7-2-3-8(6-9(7)12(16)17)11(15)10(14)4-5-13/h2-3,6,10-11,14-15H,4-5,13H2,1H3,(H,16,17). The molecule has 5 heteroatoms. The van der Waals surface area contributed by atoms with E-state index in [1.54, 1.807) is 19.1 Å². The molecule has 94 valence electrons. The number of carboxylic acids is 1. The summed E-state index contributed by atoms with van der Waals surface area (Å²) in [5, 5.41) is 28.4. The van der Waals surface area contributed by atoms with Crippen molar-refractivity contribution in [2.75, 3.05) is 6.54 Å². The summed E-state index contributed by atoms with van der Waals surface area (Å²) in [7, 11) is 0. The molecule has 0 aliphatic heterocycles. The van der Waals surface area contributed by atoms with Crippen LogP contribution in [0, 0.1) is 6.92 Å². The van der Waals surface area contributed by atoms with Gasteiger partial charge in [0.1, 0.15) is 6.10 Å². The Hall–Kier alpha value is -1.43. The average Bonchev–Trinajstić information content (AvgIpc) is 2.28. The Morgan fingerprint density at radius 2 is 2.06 bits per heavy atom. The number of carboxylic acid groups (broad SMARTS) is 1. The van der Waals surface area contributed by atoms with Gasteiger partial charge in [-0.1, -0.05) is 12.1 Å². The summed E-state index contributed by atoms with van der Waals surface area (Å²) in [6, 6.07) is 4.59. The van der Waals surface area contributed by atoms with Gasteiger partial charge in [-0.05, 0) is 37.1 Å². The fourth-order valence-electron chi connectivity index (χ4n) is 1.60. The van der Waals surface area contributed by atoms with E-state index in [1.807, 2.05) is 0 Å². The van der Waals surface area contributed by atoms with Gasteiger partial charge in [0.15, 0.2) is 0 Å². The molecule has 0 aliphatic carbocycles. The molecule has 0 amide bonds. The van der Waals surface area contributed by atoms with Crippen molar-refractivity contribution >= 4 is 5.97 Å². The zero-order valence-electron chi connectivity index (χ0n) is 9.63. The van der Waals surface area contributed by atoms with E-state index in [0.29, 0.717) is 11.1 Å². The smallest absolute Gasteiger partial charge is 0.335 e. The summed E-state index contributed by atoms with van der Waals surface area (Å²) < 4.78 is 0.